The van der Waals surface area contributed by atoms with Gasteiger partial charge in [0.05, 0.1) is 4.90 Å². The molecular formula is C17H23NO2S. The topological polar surface area (TPSA) is 46.2 Å². The summed E-state index contributed by atoms with van der Waals surface area (Å²) >= 11 is 0. The van der Waals surface area contributed by atoms with Crippen molar-refractivity contribution >= 4 is 10.0 Å². The molecule has 0 atom stereocenters. The van der Waals surface area contributed by atoms with E-state index in [9.17, 15) is 8.42 Å². The van der Waals surface area contributed by atoms with Gasteiger partial charge in [0.25, 0.3) is 0 Å². The number of hydrogen-bond donors (Lipinski definition) is 1. The summed E-state index contributed by atoms with van der Waals surface area (Å²) in [5.41, 5.74) is 3.91. The number of allylic oxidation sites excluding steroid dienone is 1. The van der Waals surface area contributed by atoms with Crippen molar-refractivity contribution in [2.45, 2.75) is 56.3 Å². The van der Waals surface area contributed by atoms with Gasteiger partial charge in [-0.1, -0.05) is 17.7 Å². The van der Waals surface area contributed by atoms with Gasteiger partial charge in [0.2, 0.25) is 10.0 Å². The number of aryl methyl sites for hydroxylation is 2. The van der Waals surface area contributed by atoms with E-state index in [0.717, 1.165) is 38.5 Å². The van der Waals surface area contributed by atoms with Gasteiger partial charge in [-0.15, -0.1) is 0 Å². The summed E-state index contributed by atoms with van der Waals surface area (Å²) in [5.74, 6) is 0. The normalized spacial score (nSPS) is 18.4. The molecule has 0 saturated heterocycles. The monoisotopic (exact) mass is 305 g/mol. The Hall–Kier alpha value is -1.13. The van der Waals surface area contributed by atoms with Crippen LogP contribution in [0.4, 0.5) is 0 Å². The average Bonchev–Trinajstić information content (AvgIpc) is 2.95. The van der Waals surface area contributed by atoms with Gasteiger partial charge in [0.15, 0.2) is 0 Å². The van der Waals surface area contributed by atoms with E-state index in [4.69, 9.17) is 0 Å². The van der Waals surface area contributed by atoms with E-state index in [0.29, 0.717) is 11.4 Å². The van der Waals surface area contributed by atoms with E-state index in [1.54, 1.807) is 6.07 Å². The van der Waals surface area contributed by atoms with Crippen molar-refractivity contribution in [1.82, 2.24) is 4.72 Å². The van der Waals surface area contributed by atoms with Crippen molar-refractivity contribution in [2.75, 3.05) is 6.54 Å². The number of sulfonamides is 1. The predicted octanol–water partition coefficient (Wildman–Crippen LogP) is 3.34. The number of fused-ring (bicyclic) bond motifs is 1. The van der Waals surface area contributed by atoms with Gasteiger partial charge in [-0.05, 0) is 74.6 Å². The second kappa shape index (κ2) is 6.32. The van der Waals surface area contributed by atoms with Gasteiger partial charge < -0.3 is 0 Å². The maximum absolute atomic E-state index is 12.3. The van der Waals surface area contributed by atoms with Crippen LogP contribution in [0.1, 0.15) is 49.7 Å². The Labute approximate surface area is 127 Å². The van der Waals surface area contributed by atoms with Gasteiger partial charge in [-0.3, -0.25) is 0 Å². The molecular weight excluding hydrogens is 282 g/mol. The van der Waals surface area contributed by atoms with Crippen LogP contribution in [0.15, 0.2) is 34.7 Å². The first-order valence-electron chi connectivity index (χ1n) is 7.94. The van der Waals surface area contributed by atoms with Gasteiger partial charge in [-0.25, -0.2) is 13.1 Å². The van der Waals surface area contributed by atoms with Crippen LogP contribution in [0.25, 0.3) is 0 Å². The molecule has 3 rings (SSSR count). The lowest BCUT2D eigenvalue weighted by molar-refractivity contribution is 0.579. The minimum Gasteiger partial charge on any atom is -0.211 e. The molecule has 0 radical (unpaired) electrons. The van der Waals surface area contributed by atoms with E-state index in [1.807, 2.05) is 12.1 Å². The van der Waals surface area contributed by atoms with Crippen molar-refractivity contribution in [3.63, 3.8) is 0 Å². The minimum absolute atomic E-state index is 0.417. The Bertz CT molecular complexity index is 647. The van der Waals surface area contributed by atoms with Crippen molar-refractivity contribution in [1.29, 1.82) is 0 Å². The number of nitrogens with one attached hydrogen (secondary N) is 1. The second-order valence-electron chi connectivity index (χ2n) is 6.04. The molecule has 3 nitrogen and oxygen atoms in total. The van der Waals surface area contributed by atoms with E-state index < -0.39 is 10.0 Å². The molecule has 0 aliphatic heterocycles. The molecule has 1 N–H and O–H groups in total. The SMILES string of the molecule is O=S(=O)(NCCC1=CCCCC1)c1ccc2c(c1)CCC2. The zero-order valence-corrected chi connectivity index (χ0v) is 13.2. The van der Waals surface area contributed by atoms with Crippen LogP contribution in [0.3, 0.4) is 0 Å². The molecule has 2 aliphatic rings. The average molecular weight is 305 g/mol. The van der Waals surface area contributed by atoms with E-state index in [-0.39, 0.29) is 0 Å². The number of benzene rings is 1. The summed E-state index contributed by atoms with van der Waals surface area (Å²) in [5, 5.41) is 0. The molecule has 0 saturated carbocycles. The minimum atomic E-state index is -3.36. The first kappa shape index (κ1) is 14.8. The Kier molecular flexibility index (Phi) is 4.45. The molecule has 114 valence electrons. The lowest BCUT2D eigenvalue weighted by Crippen LogP contribution is -2.25. The summed E-state index contributed by atoms with van der Waals surface area (Å²) in [4.78, 5) is 0.417. The zero-order chi connectivity index (χ0) is 14.7. The quantitative estimate of drug-likeness (QED) is 0.848. The fraction of sp³-hybridized carbons (Fsp3) is 0.529. The first-order chi connectivity index (χ1) is 10.1. The molecule has 1 aromatic rings. The van der Waals surface area contributed by atoms with Crippen molar-refractivity contribution in [2.24, 2.45) is 0 Å². The number of hydrogen-bond acceptors (Lipinski definition) is 2. The zero-order valence-electron chi connectivity index (χ0n) is 12.4. The summed E-state index contributed by atoms with van der Waals surface area (Å²) in [6.07, 6.45) is 11.1. The Morgan fingerprint density at radius 3 is 2.67 bits per heavy atom. The third-order valence-electron chi connectivity index (χ3n) is 4.50. The molecule has 0 bridgehead atoms. The summed E-state index contributed by atoms with van der Waals surface area (Å²) < 4.78 is 27.4. The maximum Gasteiger partial charge on any atom is 0.240 e. The van der Waals surface area contributed by atoms with Crippen LogP contribution in [0, 0.1) is 0 Å². The Balaban J connectivity index is 1.62. The highest BCUT2D eigenvalue weighted by molar-refractivity contribution is 7.89. The largest absolute Gasteiger partial charge is 0.240 e. The standard InChI is InChI=1S/C17H23NO2S/c19-21(20,18-12-11-14-5-2-1-3-6-14)17-10-9-15-7-4-8-16(15)13-17/h5,9-10,13,18H,1-4,6-8,11-12H2. The van der Waals surface area contributed by atoms with Gasteiger partial charge >= 0.3 is 0 Å². The molecule has 4 heteroatoms. The van der Waals surface area contributed by atoms with Crippen LogP contribution in [0.5, 0.6) is 0 Å². The summed E-state index contributed by atoms with van der Waals surface area (Å²) in [6.45, 7) is 0.505. The van der Waals surface area contributed by atoms with Gasteiger partial charge in [-0.2, -0.15) is 0 Å². The first-order valence-corrected chi connectivity index (χ1v) is 9.43. The summed E-state index contributed by atoms with van der Waals surface area (Å²) in [6, 6.07) is 5.57. The van der Waals surface area contributed by atoms with Crippen LogP contribution >= 0.6 is 0 Å². The molecule has 21 heavy (non-hydrogen) atoms. The third-order valence-corrected chi connectivity index (χ3v) is 5.96. The van der Waals surface area contributed by atoms with E-state index in [2.05, 4.69) is 10.8 Å². The fourth-order valence-corrected chi connectivity index (χ4v) is 4.36. The summed E-state index contributed by atoms with van der Waals surface area (Å²) in [7, 11) is -3.36. The van der Waals surface area contributed by atoms with Crippen LogP contribution in [0.2, 0.25) is 0 Å². The highest BCUT2D eigenvalue weighted by Gasteiger charge is 2.18. The van der Waals surface area contributed by atoms with E-state index >= 15 is 0 Å². The molecule has 0 spiro atoms. The predicted molar refractivity (Wildman–Crippen MR) is 84.8 cm³/mol. The van der Waals surface area contributed by atoms with Gasteiger partial charge in [0.1, 0.15) is 0 Å². The second-order valence-corrected chi connectivity index (χ2v) is 7.81. The molecule has 2 aliphatic carbocycles. The highest BCUT2D eigenvalue weighted by atomic mass is 32.2. The van der Waals surface area contributed by atoms with Crippen molar-refractivity contribution < 1.29 is 8.42 Å². The molecule has 0 aromatic heterocycles. The highest BCUT2D eigenvalue weighted by Crippen LogP contribution is 2.25. The lowest BCUT2D eigenvalue weighted by Gasteiger charge is -2.13. The van der Waals surface area contributed by atoms with E-state index in [1.165, 1.54) is 29.5 Å². The lowest BCUT2D eigenvalue weighted by atomic mass is 9.97. The Morgan fingerprint density at radius 1 is 1.00 bits per heavy atom. The van der Waals surface area contributed by atoms with Crippen LogP contribution < -0.4 is 4.72 Å². The molecule has 0 fully saturated rings. The van der Waals surface area contributed by atoms with Crippen molar-refractivity contribution in [3.8, 4) is 0 Å². The fourth-order valence-electron chi connectivity index (χ4n) is 3.28. The molecule has 1 aromatic carbocycles. The molecule has 0 unspecified atom stereocenters. The molecule has 0 heterocycles. The smallest absolute Gasteiger partial charge is 0.211 e. The number of rotatable bonds is 5. The third kappa shape index (κ3) is 3.55. The maximum atomic E-state index is 12.3. The molecule has 0 amide bonds. The van der Waals surface area contributed by atoms with Crippen LogP contribution in [-0.2, 0) is 22.9 Å². The Morgan fingerprint density at radius 2 is 1.86 bits per heavy atom. The van der Waals surface area contributed by atoms with Gasteiger partial charge in [0, 0.05) is 6.54 Å². The van der Waals surface area contributed by atoms with Crippen LogP contribution in [-0.4, -0.2) is 15.0 Å². The van der Waals surface area contributed by atoms with Crippen molar-refractivity contribution in [3.05, 3.63) is 41.0 Å².